The first-order valence-corrected chi connectivity index (χ1v) is 4.99. The van der Waals surface area contributed by atoms with Crippen molar-refractivity contribution in [2.75, 3.05) is 24.7 Å². The average molecular weight is 166 g/mol. The van der Waals surface area contributed by atoms with Crippen molar-refractivity contribution >= 4 is 23.5 Å². The summed E-state index contributed by atoms with van der Waals surface area (Å²) in [5, 5.41) is 8.38. The molecule has 1 N–H and O–H groups in total. The summed E-state index contributed by atoms with van der Waals surface area (Å²) in [5.41, 5.74) is 0. The molecule has 0 unspecified atom stereocenters. The van der Waals surface area contributed by atoms with E-state index in [1.807, 2.05) is 23.5 Å². The van der Waals surface area contributed by atoms with Gasteiger partial charge in [-0.1, -0.05) is 0 Å². The highest BCUT2D eigenvalue weighted by Gasteiger charge is 2.15. The van der Waals surface area contributed by atoms with Gasteiger partial charge in [-0.15, -0.1) is 23.5 Å². The standard InChI is InChI=1S/C5H10O2S2/c6-1-2-7-5-8-3-4-9-5/h5-6H,1-4H2. The minimum absolute atomic E-state index is 0.137. The normalized spacial score (nSPS) is 21.0. The Labute approximate surface area is 63.3 Å². The summed E-state index contributed by atoms with van der Waals surface area (Å²) in [6.07, 6.45) is 0. The van der Waals surface area contributed by atoms with Crippen molar-refractivity contribution in [3.8, 4) is 0 Å². The van der Waals surface area contributed by atoms with Gasteiger partial charge in [-0.2, -0.15) is 0 Å². The van der Waals surface area contributed by atoms with Crippen LogP contribution in [0.15, 0.2) is 0 Å². The molecular formula is C5H10O2S2. The van der Waals surface area contributed by atoms with Crippen LogP contribution in [0, 0.1) is 0 Å². The van der Waals surface area contributed by atoms with Crippen molar-refractivity contribution in [1.29, 1.82) is 0 Å². The number of ether oxygens (including phenoxy) is 1. The molecule has 0 aliphatic carbocycles. The van der Waals surface area contributed by atoms with Gasteiger partial charge in [0.15, 0.2) is 0 Å². The molecule has 4 heteroatoms. The molecule has 2 nitrogen and oxygen atoms in total. The molecule has 0 spiro atoms. The van der Waals surface area contributed by atoms with Crippen molar-refractivity contribution in [2.24, 2.45) is 0 Å². The average Bonchev–Trinajstić information content (AvgIpc) is 2.34. The van der Waals surface area contributed by atoms with Gasteiger partial charge < -0.3 is 9.84 Å². The Morgan fingerprint density at radius 1 is 1.44 bits per heavy atom. The van der Waals surface area contributed by atoms with Gasteiger partial charge in [-0.3, -0.25) is 0 Å². The lowest BCUT2D eigenvalue weighted by Crippen LogP contribution is -2.04. The third-order valence-electron chi connectivity index (χ3n) is 0.936. The van der Waals surface area contributed by atoms with E-state index in [2.05, 4.69) is 0 Å². The third kappa shape index (κ3) is 2.80. The van der Waals surface area contributed by atoms with Gasteiger partial charge in [-0.05, 0) is 0 Å². The van der Waals surface area contributed by atoms with Crippen LogP contribution in [0.5, 0.6) is 0 Å². The Kier molecular flexibility index (Phi) is 3.81. The molecule has 0 radical (unpaired) electrons. The van der Waals surface area contributed by atoms with Crippen molar-refractivity contribution in [3.05, 3.63) is 0 Å². The molecule has 54 valence electrons. The molecule has 0 saturated carbocycles. The SMILES string of the molecule is OCCOC1SCCS1. The monoisotopic (exact) mass is 166 g/mol. The first-order chi connectivity index (χ1) is 4.43. The van der Waals surface area contributed by atoms with Gasteiger partial charge in [0.2, 0.25) is 0 Å². The quantitative estimate of drug-likeness (QED) is 0.670. The fraction of sp³-hybridized carbons (Fsp3) is 1.00. The summed E-state index contributed by atoms with van der Waals surface area (Å²) in [7, 11) is 0. The lowest BCUT2D eigenvalue weighted by molar-refractivity contribution is 0.113. The molecule has 1 heterocycles. The van der Waals surface area contributed by atoms with Gasteiger partial charge in [0.25, 0.3) is 0 Å². The van der Waals surface area contributed by atoms with Crippen LogP contribution >= 0.6 is 23.5 Å². The van der Waals surface area contributed by atoms with E-state index in [0.717, 1.165) is 0 Å². The van der Waals surface area contributed by atoms with Crippen LogP contribution in [0.4, 0.5) is 0 Å². The first kappa shape index (κ1) is 7.72. The Balaban J connectivity index is 1.98. The zero-order valence-electron chi connectivity index (χ0n) is 5.08. The zero-order valence-corrected chi connectivity index (χ0v) is 6.71. The summed E-state index contributed by atoms with van der Waals surface area (Å²) in [4.78, 5) is 0. The number of aliphatic hydroxyl groups is 1. The maximum absolute atomic E-state index is 8.38. The van der Waals surface area contributed by atoms with Gasteiger partial charge in [0, 0.05) is 11.5 Å². The topological polar surface area (TPSA) is 29.5 Å². The molecule has 1 rings (SSSR count). The predicted octanol–water partition coefficient (Wildman–Crippen LogP) is 0.759. The third-order valence-corrected chi connectivity index (χ3v) is 3.71. The van der Waals surface area contributed by atoms with Crippen LogP contribution < -0.4 is 0 Å². The molecule has 0 aromatic carbocycles. The van der Waals surface area contributed by atoms with E-state index in [4.69, 9.17) is 9.84 Å². The van der Waals surface area contributed by atoms with E-state index < -0.39 is 0 Å². The van der Waals surface area contributed by atoms with Crippen molar-refractivity contribution in [3.63, 3.8) is 0 Å². The van der Waals surface area contributed by atoms with Gasteiger partial charge >= 0.3 is 0 Å². The van der Waals surface area contributed by atoms with Crippen LogP contribution in [-0.2, 0) is 4.74 Å². The lowest BCUT2D eigenvalue weighted by Gasteiger charge is -2.06. The number of thioether (sulfide) groups is 2. The van der Waals surface area contributed by atoms with E-state index >= 15 is 0 Å². The molecule has 0 aromatic rings. The highest BCUT2D eigenvalue weighted by Crippen LogP contribution is 2.32. The molecule has 1 saturated heterocycles. The highest BCUT2D eigenvalue weighted by molar-refractivity contribution is 8.19. The fourth-order valence-corrected chi connectivity index (χ4v) is 3.08. The fourth-order valence-electron chi connectivity index (χ4n) is 0.582. The van der Waals surface area contributed by atoms with Gasteiger partial charge in [-0.25, -0.2) is 0 Å². The van der Waals surface area contributed by atoms with Crippen molar-refractivity contribution < 1.29 is 9.84 Å². The number of hydrogen-bond donors (Lipinski definition) is 1. The Hall–Kier alpha value is 0.620. The van der Waals surface area contributed by atoms with E-state index in [1.54, 1.807) is 0 Å². The number of rotatable bonds is 3. The summed E-state index contributed by atoms with van der Waals surface area (Å²) < 4.78 is 5.52. The molecule has 0 bridgehead atoms. The number of hydrogen-bond acceptors (Lipinski definition) is 4. The molecule has 9 heavy (non-hydrogen) atoms. The Bertz CT molecular complexity index is 73.4. The maximum Gasteiger partial charge on any atom is 0.149 e. The van der Waals surface area contributed by atoms with Crippen LogP contribution in [0.1, 0.15) is 0 Å². The summed E-state index contributed by atoms with van der Waals surface area (Å²) in [6, 6.07) is 0. The zero-order chi connectivity index (χ0) is 6.53. The van der Waals surface area contributed by atoms with E-state index in [9.17, 15) is 0 Å². The molecule has 0 amide bonds. The Morgan fingerprint density at radius 3 is 2.67 bits per heavy atom. The minimum atomic E-state index is 0.137. The molecule has 0 atom stereocenters. The minimum Gasteiger partial charge on any atom is -0.394 e. The second kappa shape index (κ2) is 4.44. The summed E-state index contributed by atoms with van der Waals surface area (Å²) >= 11 is 3.62. The number of aliphatic hydroxyl groups excluding tert-OH is 1. The van der Waals surface area contributed by atoms with E-state index in [1.165, 1.54) is 11.5 Å². The van der Waals surface area contributed by atoms with Crippen LogP contribution in [0.25, 0.3) is 0 Å². The molecule has 0 aromatic heterocycles. The molecule has 1 aliphatic rings. The van der Waals surface area contributed by atoms with Gasteiger partial charge in [0.1, 0.15) is 4.77 Å². The predicted molar refractivity (Wildman–Crippen MR) is 41.7 cm³/mol. The largest absolute Gasteiger partial charge is 0.394 e. The second-order valence-corrected chi connectivity index (χ2v) is 4.26. The second-order valence-electron chi connectivity index (χ2n) is 1.62. The first-order valence-electron chi connectivity index (χ1n) is 2.89. The molecule has 1 aliphatic heterocycles. The Morgan fingerprint density at radius 2 is 2.11 bits per heavy atom. The summed E-state index contributed by atoms with van der Waals surface area (Å²) in [6.45, 7) is 0.613. The highest BCUT2D eigenvalue weighted by atomic mass is 32.2. The molecule has 1 fully saturated rings. The smallest absolute Gasteiger partial charge is 0.149 e. The molecular weight excluding hydrogens is 156 g/mol. The summed E-state index contributed by atoms with van der Waals surface area (Å²) in [5.74, 6) is 2.36. The van der Waals surface area contributed by atoms with Gasteiger partial charge in [0.05, 0.1) is 13.2 Å². The maximum atomic E-state index is 8.38. The van der Waals surface area contributed by atoms with E-state index in [0.29, 0.717) is 6.61 Å². The van der Waals surface area contributed by atoms with Crippen molar-refractivity contribution in [1.82, 2.24) is 0 Å². The van der Waals surface area contributed by atoms with Crippen LogP contribution in [0.3, 0.4) is 0 Å². The van der Waals surface area contributed by atoms with Crippen LogP contribution in [0.2, 0.25) is 0 Å². The van der Waals surface area contributed by atoms with E-state index in [-0.39, 0.29) is 11.4 Å². The van der Waals surface area contributed by atoms with Crippen molar-refractivity contribution in [2.45, 2.75) is 4.77 Å². The van der Waals surface area contributed by atoms with Crippen LogP contribution in [-0.4, -0.2) is 34.6 Å². The lowest BCUT2D eigenvalue weighted by atomic mass is 10.8.